The van der Waals surface area contributed by atoms with Crippen LogP contribution in [0.15, 0.2) is 22.7 Å². The number of rotatable bonds is 7. The Bertz CT molecular complexity index is 434. The van der Waals surface area contributed by atoms with Crippen molar-refractivity contribution in [2.45, 2.75) is 19.4 Å². The second kappa shape index (κ2) is 8.73. The lowest BCUT2D eigenvalue weighted by atomic mass is 9.97. The largest absolute Gasteiger partial charge is 0.396 e. The van der Waals surface area contributed by atoms with Crippen LogP contribution in [0.1, 0.15) is 18.4 Å². The van der Waals surface area contributed by atoms with Crippen LogP contribution in [0, 0.1) is 5.92 Å². The highest BCUT2D eigenvalue weighted by Gasteiger charge is 2.20. The van der Waals surface area contributed by atoms with Gasteiger partial charge in [-0.15, -0.1) is 0 Å². The number of hydrogen-bond donors (Lipinski definition) is 2. The Hall–Kier alpha value is -0.620. The van der Waals surface area contributed by atoms with Crippen molar-refractivity contribution >= 4 is 21.6 Å². The van der Waals surface area contributed by atoms with Gasteiger partial charge in [0.25, 0.3) is 0 Å². The summed E-state index contributed by atoms with van der Waals surface area (Å²) in [6, 6.07) is 6.47. The van der Waals surface area contributed by atoms with Gasteiger partial charge in [-0.3, -0.25) is 0 Å². The molecule has 1 aliphatic heterocycles. The fourth-order valence-electron chi connectivity index (χ4n) is 2.73. The van der Waals surface area contributed by atoms with Gasteiger partial charge < -0.3 is 20.1 Å². The predicted molar refractivity (Wildman–Crippen MR) is 89.7 cm³/mol. The summed E-state index contributed by atoms with van der Waals surface area (Å²) in [4.78, 5) is 2.43. The number of nitrogens with zero attached hydrogens (tertiary/aromatic N) is 1. The van der Waals surface area contributed by atoms with Crippen LogP contribution in [0.2, 0.25) is 0 Å². The number of anilines is 1. The highest BCUT2D eigenvalue weighted by molar-refractivity contribution is 9.10. The second-order valence-electron chi connectivity index (χ2n) is 5.56. The molecular weight excluding hydrogens is 332 g/mol. The van der Waals surface area contributed by atoms with E-state index in [9.17, 15) is 5.11 Å². The van der Waals surface area contributed by atoms with Crippen LogP contribution >= 0.6 is 15.9 Å². The van der Waals surface area contributed by atoms with Gasteiger partial charge in [0.05, 0.1) is 6.61 Å². The minimum Gasteiger partial charge on any atom is -0.396 e. The van der Waals surface area contributed by atoms with Crippen LogP contribution in [0.4, 0.5) is 5.69 Å². The molecule has 1 aliphatic rings. The number of halogens is 1. The molecule has 0 aliphatic carbocycles. The molecule has 1 aromatic carbocycles. The van der Waals surface area contributed by atoms with Crippen molar-refractivity contribution in [2.75, 3.05) is 44.9 Å². The lowest BCUT2D eigenvalue weighted by Crippen LogP contribution is -2.35. The smallest absolute Gasteiger partial charge is 0.0587 e. The monoisotopic (exact) mass is 356 g/mol. The third-order valence-electron chi connectivity index (χ3n) is 4.06. The highest BCUT2D eigenvalue weighted by atomic mass is 79.9. The zero-order valence-electron chi connectivity index (χ0n) is 12.6. The Labute approximate surface area is 135 Å². The zero-order chi connectivity index (χ0) is 15.1. The van der Waals surface area contributed by atoms with E-state index in [-0.39, 0.29) is 0 Å². The summed E-state index contributed by atoms with van der Waals surface area (Å²) in [5.74, 6) is 0.469. The van der Waals surface area contributed by atoms with Gasteiger partial charge in [0.2, 0.25) is 0 Å². The van der Waals surface area contributed by atoms with Crippen molar-refractivity contribution in [2.24, 2.45) is 5.92 Å². The first-order valence-electron chi connectivity index (χ1n) is 7.58. The third kappa shape index (κ3) is 4.95. The zero-order valence-corrected chi connectivity index (χ0v) is 14.2. The standard InChI is InChI=1S/C16H25BrN2O2/c1-21-9-6-18-11-14-2-3-15(17)10-16(14)19-7-4-13(12-20)5-8-19/h2-3,10,13,18,20H,4-9,11-12H2,1H3. The van der Waals surface area contributed by atoms with E-state index in [2.05, 4.69) is 44.3 Å². The molecule has 1 aromatic rings. The van der Waals surface area contributed by atoms with Gasteiger partial charge in [-0.1, -0.05) is 22.0 Å². The summed E-state index contributed by atoms with van der Waals surface area (Å²) in [5.41, 5.74) is 2.61. The molecule has 118 valence electrons. The minimum atomic E-state index is 0.317. The molecule has 21 heavy (non-hydrogen) atoms. The maximum Gasteiger partial charge on any atom is 0.0587 e. The Balaban J connectivity index is 2.01. The average molecular weight is 357 g/mol. The second-order valence-corrected chi connectivity index (χ2v) is 6.47. The molecule has 0 aromatic heterocycles. The molecule has 0 unspecified atom stereocenters. The fourth-order valence-corrected chi connectivity index (χ4v) is 3.08. The molecule has 1 saturated heterocycles. The summed E-state index contributed by atoms with van der Waals surface area (Å²) in [6.45, 7) is 4.80. The first kappa shape index (κ1) is 16.7. The number of aliphatic hydroxyl groups is 1. The molecule has 0 amide bonds. The number of piperidine rings is 1. The topological polar surface area (TPSA) is 44.7 Å². The Kier molecular flexibility index (Phi) is 6.96. The third-order valence-corrected chi connectivity index (χ3v) is 4.55. The fraction of sp³-hybridized carbons (Fsp3) is 0.625. The van der Waals surface area contributed by atoms with E-state index in [4.69, 9.17) is 4.74 Å². The predicted octanol–water partition coefficient (Wildman–Crippen LogP) is 2.39. The SMILES string of the molecule is COCCNCc1ccc(Br)cc1N1CCC(CO)CC1. The summed E-state index contributed by atoms with van der Waals surface area (Å²) in [6.07, 6.45) is 2.14. The van der Waals surface area contributed by atoms with E-state index in [0.717, 1.165) is 50.1 Å². The van der Waals surface area contributed by atoms with Crippen LogP contribution in [0.25, 0.3) is 0 Å². The highest BCUT2D eigenvalue weighted by Crippen LogP contribution is 2.29. The molecule has 0 bridgehead atoms. The first-order valence-corrected chi connectivity index (χ1v) is 8.37. The molecule has 4 nitrogen and oxygen atoms in total. The molecule has 2 N–H and O–H groups in total. The van der Waals surface area contributed by atoms with E-state index in [1.54, 1.807) is 7.11 Å². The van der Waals surface area contributed by atoms with Gasteiger partial charge in [-0.25, -0.2) is 0 Å². The summed E-state index contributed by atoms with van der Waals surface area (Å²) in [7, 11) is 1.72. The van der Waals surface area contributed by atoms with Crippen molar-refractivity contribution in [3.63, 3.8) is 0 Å². The van der Waals surface area contributed by atoms with Gasteiger partial charge in [0, 0.05) is 50.1 Å². The number of benzene rings is 1. The minimum absolute atomic E-state index is 0.317. The molecule has 2 rings (SSSR count). The van der Waals surface area contributed by atoms with E-state index >= 15 is 0 Å². The number of methoxy groups -OCH3 is 1. The Morgan fingerprint density at radius 3 is 2.81 bits per heavy atom. The van der Waals surface area contributed by atoms with Gasteiger partial charge in [-0.05, 0) is 36.5 Å². The Morgan fingerprint density at radius 2 is 2.14 bits per heavy atom. The van der Waals surface area contributed by atoms with Crippen LogP contribution in [-0.4, -0.2) is 45.1 Å². The molecule has 0 atom stereocenters. The normalized spacial score (nSPS) is 16.4. The molecule has 0 radical (unpaired) electrons. The van der Waals surface area contributed by atoms with Crippen molar-refractivity contribution in [3.05, 3.63) is 28.2 Å². The van der Waals surface area contributed by atoms with Gasteiger partial charge in [-0.2, -0.15) is 0 Å². The summed E-state index contributed by atoms with van der Waals surface area (Å²) < 4.78 is 6.18. The van der Waals surface area contributed by atoms with E-state index in [1.165, 1.54) is 11.3 Å². The summed E-state index contributed by atoms with van der Waals surface area (Å²) >= 11 is 3.57. The number of hydrogen-bond acceptors (Lipinski definition) is 4. The van der Waals surface area contributed by atoms with Gasteiger partial charge >= 0.3 is 0 Å². The first-order chi connectivity index (χ1) is 10.2. The van der Waals surface area contributed by atoms with Crippen molar-refractivity contribution in [1.82, 2.24) is 5.32 Å². The van der Waals surface area contributed by atoms with E-state index < -0.39 is 0 Å². The van der Waals surface area contributed by atoms with E-state index in [0.29, 0.717) is 12.5 Å². The molecule has 5 heteroatoms. The lowest BCUT2D eigenvalue weighted by Gasteiger charge is -2.34. The van der Waals surface area contributed by atoms with E-state index in [1.807, 2.05) is 0 Å². The van der Waals surface area contributed by atoms with Crippen LogP contribution in [0.5, 0.6) is 0 Å². The number of ether oxygens (including phenoxy) is 1. The molecular formula is C16H25BrN2O2. The quantitative estimate of drug-likeness (QED) is 0.736. The maximum absolute atomic E-state index is 9.27. The summed E-state index contributed by atoms with van der Waals surface area (Å²) in [5, 5.41) is 12.7. The van der Waals surface area contributed by atoms with Gasteiger partial charge in [0.15, 0.2) is 0 Å². The van der Waals surface area contributed by atoms with Crippen molar-refractivity contribution in [3.8, 4) is 0 Å². The van der Waals surface area contributed by atoms with Crippen LogP contribution < -0.4 is 10.2 Å². The molecule has 0 saturated carbocycles. The number of nitrogens with one attached hydrogen (secondary N) is 1. The van der Waals surface area contributed by atoms with Gasteiger partial charge in [0.1, 0.15) is 0 Å². The lowest BCUT2D eigenvalue weighted by molar-refractivity contribution is 0.199. The molecule has 1 fully saturated rings. The van der Waals surface area contributed by atoms with Crippen LogP contribution in [-0.2, 0) is 11.3 Å². The molecule has 0 spiro atoms. The Morgan fingerprint density at radius 1 is 1.38 bits per heavy atom. The molecule has 1 heterocycles. The number of aliphatic hydroxyl groups excluding tert-OH is 1. The van der Waals surface area contributed by atoms with Crippen molar-refractivity contribution < 1.29 is 9.84 Å². The van der Waals surface area contributed by atoms with Crippen LogP contribution in [0.3, 0.4) is 0 Å². The maximum atomic E-state index is 9.27. The van der Waals surface area contributed by atoms with Crippen molar-refractivity contribution in [1.29, 1.82) is 0 Å². The average Bonchev–Trinajstić information content (AvgIpc) is 2.53.